The molecular weight excluding hydrogens is 310 g/mol. The van der Waals surface area contributed by atoms with E-state index in [1.165, 1.54) is 18.3 Å². The quantitative estimate of drug-likeness (QED) is 0.583. The zero-order chi connectivity index (χ0) is 14.0. The first-order valence-electron chi connectivity index (χ1n) is 5.20. The van der Waals surface area contributed by atoms with Crippen molar-refractivity contribution in [3.05, 3.63) is 51.0 Å². The maximum Gasteiger partial charge on any atom is 0.220 e. The van der Waals surface area contributed by atoms with Crippen LogP contribution < -0.4 is 0 Å². The van der Waals surface area contributed by atoms with Crippen molar-refractivity contribution in [2.24, 2.45) is 0 Å². The number of halogens is 4. The van der Waals surface area contributed by atoms with Gasteiger partial charge in [0, 0.05) is 17.3 Å². The number of rotatable bonds is 2. The molecule has 1 aromatic carbocycles. The SMILES string of the molecule is N#CCc1cnc(F)c(-c2ccc(Cl)c(Cl)c2Cl)c1. The van der Waals surface area contributed by atoms with Gasteiger partial charge in [-0.2, -0.15) is 9.65 Å². The highest BCUT2D eigenvalue weighted by molar-refractivity contribution is 6.49. The molecule has 6 heteroatoms. The Kier molecular flexibility index (Phi) is 4.26. The average molecular weight is 316 g/mol. The zero-order valence-corrected chi connectivity index (χ0v) is 11.7. The molecule has 0 spiro atoms. The molecule has 0 saturated heterocycles. The van der Waals surface area contributed by atoms with Gasteiger partial charge in [0.1, 0.15) is 0 Å². The average Bonchev–Trinajstić information content (AvgIpc) is 2.39. The summed E-state index contributed by atoms with van der Waals surface area (Å²) in [4.78, 5) is 3.61. The summed E-state index contributed by atoms with van der Waals surface area (Å²) >= 11 is 17.8. The minimum Gasteiger partial charge on any atom is -0.227 e. The van der Waals surface area contributed by atoms with E-state index in [1.54, 1.807) is 6.07 Å². The fourth-order valence-corrected chi connectivity index (χ4v) is 2.24. The van der Waals surface area contributed by atoms with Crippen LogP contribution in [0.3, 0.4) is 0 Å². The maximum atomic E-state index is 13.8. The minimum absolute atomic E-state index is 0.138. The molecule has 1 heterocycles. The lowest BCUT2D eigenvalue weighted by Gasteiger charge is -2.09. The van der Waals surface area contributed by atoms with Gasteiger partial charge < -0.3 is 0 Å². The molecule has 2 nitrogen and oxygen atoms in total. The first kappa shape index (κ1) is 14.1. The van der Waals surface area contributed by atoms with Gasteiger partial charge >= 0.3 is 0 Å². The second-order valence-corrected chi connectivity index (χ2v) is 4.90. The highest BCUT2D eigenvalue weighted by Crippen LogP contribution is 2.38. The normalized spacial score (nSPS) is 10.3. The summed E-state index contributed by atoms with van der Waals surface area (Å²) < 4.78 is 13.8. The first-order valence-corrected chi connectivity index (χ1v) is 6.33. The van der Waals surface area contributed by atoms with E-state index in [9.17, 15) is 4.39 Å². The van der Waals surface area contributed by atoms with Gasteiger partial charge in [-0.3, -0.25) is 0 Å². The molecule has 0 unspecified atom stereocenters. The lowest BCUT2D eigenvalue weighted by Crippen LogP contribution is -1.94. The van der Waals surface area contributed by atoms with Crippen molar-refractivity contribution >= 4 is 34.8 Å². The Morgan fingerprint density at radius 1 is 1.16 bits per heavy atom. The maximum absolute atomic E-state index is 13.8. The van der Waals surface area contributed by atoms with Crippen LogP contribution in [0, 0.1) is 17.3 Å². The van der Waals surface area contributed by atoms with E-state index in [1.807, 2.05) is 6.07 Å². The first-order chi connectivity index (χ1) is 9.04. The van der Waals surface area contributed by atoms with E-state index in [2.05, 4.69) is 4.98 Å². The number of hydrogen-bond acceptors (Lipinski definition) is 2. The van der Waals surface area contributed by atoms with Gasteiger partial charge in [-0.1, -0.05) is 40.9 Å². The molecule has 19 heavy (non-hydrogen) atoms. The Morgan fingerprint density at radius 3 is 2.58 bits per heavy atom. The largest absolute Gasteiger partial charge is 0.227 e. The Hall–Kier alpha value is -1.34. The molecule has 0 fully saturated rings. The molecule has 96 valence electrons. The number of nitriles is 1. The number of nitrogens with zero attached hydrogens (tertiary/aromatic N) is 2. The summed E-state index contributed by atoms with van der Waals surface area (Å²) in [7, 11) is 0. The monoisotopic (exact) mass is 314 g/mol. The third-order valence-electron chi connectivity index (χ3n) is 2.50. The summed E-state index contributed by atoms with van der Waals surface area (Å²) in [6.07, 6.45) is 1.45. The van der Waals surface area contributed by atoms with Gasteiger partial charge in [0.2, 0.25) is 5.95 Å². The number of aromatic nitrogens is 1. The van der Waals surface area contributed by atoms with E-state index in [4.69, 9.17) is 40.1 Å². The highest BCUT2D eigenvalue weighted by Gasteiger charge is 2.15. The Morgan fingerprint density at radius 2 is 1.89 bits per heavy atom. The molecule has 0 aliphatic rings. The zero-order valence-electron chi connectivity index (χ0n) is 9.42. The van der Waals surface area contributed by atoms with Gasteiger partial charge in [0.25, 0.3) is 0 Å². The van der Waals surface area contributed by atoms with Crippen LogP contribution in [-0.2, 0) is 6.42 Å². The van der Waals surface area contributed by atoms with Crippen molar-refractivity contribution in [2.75, 3.05) is 0 Å². The molecule has 0 aliphatic carbocycles. The van der Waals surface area contributed by atoms with Crippen LogP contribution in [0.4, 0.5) is 4.39 Å². The van der Waals surface area contributed by atoms with Gasteiger partial charge in [-0.05, 0) is 17.7 Å². The highest BCUT2D eigenvalue weighted by atomic mass is 35.5. The molecule has 0 bridgehead atoms. The second-order valence-electron chi connectivity index (χ2n) is 3.74. The fourth-order valence-electron chi connectivity index (χ4n) is 1.60. The van der Waals surface area contributed by atoms with Crippen molar-refractivity contribution in [3.8, 4) is 17.2 Å². The Bertz CT molecular complexity index is 680. The van der Waals surface area contributed by atoms with Crippen molar-refractivity contribution in [3.63, 3.8) is 0 Å². The fraction of sp³-hybridized carbons (Fsp3) is 0.0769. The predicted octanol–water partition coefficient (Wildman–Crippen LogP) is 4.91. The molecule has 0 atom stereocenters. The summed E-state index contributed by atoms with van der Waals surface area (Å²) in [5, 5.41) is 9.25. The summed E-state index contributed by atoms with van der Waals surface area (Å²) in [6, 6.07) is 6.59. The Balaban J connectivity index is 2.62. The van der Waals surface area contributed by atoms with Gasteiger partial charge in [-0.15, -0.1) is 0 Å². The van der Waals surface area contributed by atoms with Crippen molar-refractivity contribution in [1.82, 2.24) is 4.98 Å². The van der Waals surface area contributed by atoms with Crippen LogP contribution in [0.1, 0.15) is 5.56 Å². The summed E-state index contributed by atoms with van der Waals surface area (Å²) in [5.74, 6) is -0.679. The molecule has 0 N–H and O–H groups in total. The topological polar surface area (TPSA) is 36.7 Å². The van der Waals surface area contributed by atoms with Crippen LogP contribution >= 0.6 is 34.8 Å². The lowest BCUT2D eigenvalue weighted by atomic mass is 10.0. The molecule has 0 aliphatic heterocycles. The van der Waals surface area contributed by atoms with Crippen molar-refractivity contribution in [1.29, 1.82) is 5.26 Å². The molecule has 2 aromatic rings. The summed E-state index contributed by atoms with van der Waals surface area (Å²) in [6.45, 7) is 0. The molecular formula is C13H6Cl3FN2. The minimum atomic E-state index is -0.679. The third kappa shape index (κ3) is 2.82. The summed E-state index contributed by atoms with van der Waals surface area (Å²) in [5.41, 5.74) is 1.18. The predicted molar refractivity (Wildman–Crippen MR) is 74.0 cm³/mol. The van der Waals surface area contributed by atoms with Crippen molar-refractivity contribution < 1.29 is 4.39 Å². The van der Waals surface area contributed by atoms with Crippen LogP contribution in [0.2, 0.25) is 15.1 Å². The van der Waals surface area contributed by atoms with Crippen LogP contribution in [0.15, 0.2) is 24.4 Å². The Labute approximate surface area is 124 Å². The lowest BCUT2D eigenvalue weighted by molar-refractivity contribution is 0.586. The van der Waals surface area contributed by atoms with Crippen LogP contribution in [0.5, 0.6) is 0 Å². The second kappa shape index (κ2) is 5.75. The van der Waals surface area contributed by atoms with Gasteiger partial charge in [-0.25, -0.2) is 4.98 Å². The van der Waals surface area contributed by atoms with E-state index < -0.39 is 5.95 Å². The van der Waals surface area contributed by atoms with E-state index in [-0.39, 0.29) is 27.1 Å². The number of hydrogen-bond donors (Lipinski definition) is 0. The van der Waals surface area contributed by atoms with Crippen molar-refractivity contribution in [2.45, 2.75) is 6.42 Å². The third-order valence-corrected chi connectivity index (χ3v) is 3.80. The number of benzene rings is 1. The van der Waals surface area contributed by atoms with Gasteiger partial charge in [0.15, 0.2) is 0 Å². The molecule has 0 amide bonds. The molecule has 2 rings (SSSR count). The molecule has 0 radical (unpaired) electrons. The van der Waals surface area contributed by atoms with E-state index in [0.29, 0.717) is 11.1 Å². The van der Waals surface area contributed by atoms with Crippen LogP contribution in [0.25, 0.3) is 11.1 Å². The standard InChI is InChI=1S/C13H6Cl3FN2/c14-10-2-1-8(11(15)12(10)16)9-5-7(3-4-18)6-19-13(9)17/h1-2,5-6H,3H2. The molecule has 0 saturated carbocycles. The number of pyridine rings is 1. The van der Waals surface area contributed by atoms with Crippen LogP contribution in [-0.4, -0.2) is 4.98 Å². The smallest absolute Gasteiger partial charge is 0.220 e. The van der Waals surface area contributed by atoms with E-state index >= 15 is 0 Å². The van der Waals surface area contributed by atoms with E-state index in [0.717, 1.165) is 0 Å². The molecule has 1 aromatic heterocycles. The van der Waals surface area contributed by atoms with Gasteiger partial charge in [0.05, 0.1) is 27.6 Å².